The first-order chi connectivity index (χ1) is 7.89. The van der Waals surface area contributed by atoms with Gasteiger partial charge in [0.15, 0.2) is 5.82 Å². The van der Waals surface area contributed by atoms with Gasteiger partial charge in [-0.3, -0.25) is 4.68 Å². The Hall–Kier alpha value is -1.41. The lowest BCUT2D eigenvalue weighted by Crippen LogP contribution is -2.06. The van der Waals surface area contributed by atoms with Crippen LogP contribution in [0.5, 0.6) is 0 Å². The first kappa shape index (κ1) is 12.1. The second-order valence-electron chi connectivity index (χ2n) is 3.44. The first-order valence-corrected chi connectivity index (χ1v) is 6.94. The van der Waals surface area contributed by atoms with Crippen LogP contribution in [0.2, 0.25) is 0 Å². The zero-order valence-electron chi connectivity index (χ0n) is 9.08. The largest absolute Gasteiger partial charge is 0.343 e. The third kappa shape index (κ3) is 2.32. The highest BCUT2D eigenvalue weighted by Gasteiger charge is 2.22. The van der Waals surface area contributed by atoms with Crippen LogP contribution < -0.4 is 0 Å². The van der Waals surface area contributed by atoms with Gasteiger partial charge in [0, 0.05) is 10.7 Å². The van der Waals surface area contributed by atoms with E-state index in [1.165, 1.54) is 11.1 Å². The molecule has 2 rings (SSSR count). The van der Waals surface area contributed by atoms with Crippen LogP contribution in [0.4, 0.5) is 0 Å². The number of hydrogen-bond donors (Lipinski definition) is 0. The minimum Gasteiger partial charge on any atom is -0.343 e. The summed E-state index contributed by atoms with van der Waals surface area (Å²) in [5.74, 6) is 0.411. The Morgan fingerprint density at radius 1 is 1.47 bits per heavy atom. The maximum Gasteiger partial charge on any atom is 0.264 e. The SMILES string of the molecule is Cc1nn(Cc2ncon2)c(C)c1S(=O)(=O)Cl. The van der Waals surface area contributed by atoms with Crippen molar-refractivity contribution < 1.29 is 12.9 Å². The van der Waals surface area contributed by atoms with E-state index in [9.17, 15) is 8.42 Å². The molecule has 2 heterocycles. The molecule has 0 aliphatic heterocycles. The Balaban J connectivity index is 2.45. The lowest BCUT2D eigenvalue weighted by molar-refractivity contribution is 0.406. The summed E-state index contributed by atoms with van der Waals surface area (Å²) in [6, 6.07) is 0. The third-order valence-corrected chi connectivity index (χ3v) is 3.80. The van der Waals surface area contributed by atoms with Crippen LogP contribution in [0.1, 0.15) is 17.2 Å². The van der Waals surface area contributed by atoms with E-state index in [4.69, 9.17) is 10.7 Å². The molecule has 0 bridgehead atoms. The molecular formula is C8H9ClN4O3S. The Bertz CT molecular complexity index is 632. The number of nitrogens with zero attached hydrogens (tertiary/aromatic N) is 4. The molecular weight excluding hydrogens is 268 g/mol. The van der Waals surface area contributed by atoms with E-state index < -0.39 is 9.05 Å². The fraction of sp³-hybridized carbons (Fsp3) is 0.375. The van der Waals surface area contributed by atoms with E-state index in [2.05, 4.69) is 19.8 Å². The van der Waals surface area contributed by atoms with Crippen molar-refractivity contribution in [2.45, 2.75) is 25.3 Å². The summed E-state index contributed by atoms with van der Waals surface area (Å²) in [7, 11) is 1.54. The Kier molecular flexibility index (Phi) is 2.92. The summed E-state index contributed by atoms with van der Waals surface area (Å²) in [6.45, 7) is 3.43. The minimum absolute atomic E-state index is 0.0302. The highest BCUT2D eigenvalue weighted by Crippen LogP contribution is 2.23. The fourth-order valence-electron chi connectivity index (χ4n) is 1.58. The topological polar surface area (TPSA) is 90.9 Å². The van der Waals surface area contributed by atoms with Crippen LogP contribution in [-0.2, 0) is 15.6 Å². The Morgan fingerprint density at radius 3 is 2.65 bits per heavy atom. The second kappa shape index (κ2) is 4.11. The highest BCUT2D eigenvalue weighted by molar-refractivity contribution is 8.13. The Labute approximate surface area is 102 Å². The van der Waals surface area contributed by atoms with Crippen molar-refractivity contribution in [3.8, 4) is 0 Å². The van der Waals surface area contributed by atoms with Crippen LogP contribution >= 0.6 is 10.7 Å². The molecule has 7 nitrogen and oxygen atoms in total. The molecule has 0 radical (unpaired) electrons. The van der Waals surface area contributed by atoms with Gasteiger partial charge >= 0.3 is 0 Å². The summed E-state index contributed by atoms with van der Waals surface area (Å²) in [5, 5.41) is 7.71. The van der Waals surface area contributed by atoms with Crippen molar-refractivity contribution >= 4 is 19.7 Å². The molecule has 0 N–H and O–H groups in total. The van der Waals surface area contributed by atoms with Crippen molar-refractivity contribution in [3.63, 3.8) is 0 Å². The van der Waals surface area contributed by atoms with Crippen LogP contribution in [0.25, 0.3) is 0 Å². The molecule has 92 valence electrons. The summed E-state index contributed by atoms with van der Waals surface area (Å²) in [4.78, 5) is 3.86. The van der Waals surface area contributed by atoms with Gasteiger partial charge in [-0.05, 0) is 13.8 Å². The Morgan fingerprint density at radius 2 is 2.18 bits per heavy atom. The monoisotopic (exact) mass is 276 g/mol. The molecule has 0 spiro atoms. The average molecular weight is 277 g/mol. The van der Waals surface area contributed by atoms with Crippen LogP contribution in [0, 0.1) is 13.8 Å². The molecule has 0 amide bonds. The van der Waals surface area contributed by atoms with Gasteiger partial charge in [0.05, 0.1) is 11.4 Å². The molecule has 2 aromatic heterocycles. The van der Waals surface area contributed by atoms with E-state index in [1.54, 1.807) is 13.8 Å². The quantitative estimate of drug-likeness (QED) is 0.772. The van der Waals surface area contributed by atoms with Gasteiger partial charge in [-0.1, -0.05) is 5.16 Å². The molecule has 0 aromatic carbocycles. The van der Waals surface area contributed by atoms with E-state index in [1.807, 2.05) is 0 Å². The molecule has 0 atom stereocenters. The van der Waals surface area contributed by atoms with Gasteiger partial charge in [0.25, 0.3) is 9.05 Å². The van der Waals surface area contributed by atoms with E-state index in [-0.39, 0.29) is 11.4 Å². The average Bonchev–Trinajstić information content (AvgIpc) is 2.75. The number of rotatable bonds is 3. The summed E-state index contributed by atoms with van der Waals surface area (Å²) >= 11 is 0. The smallest absolute Gasteiger partial charge is 0.264 e. The van der Waals surface area contributed by atoms with Crippen molar-refractivity contribution in [1.29, 1.82) is 0 Å². The summed E-state index contributed by atoms with van der Waals surface area (Å²) < 4.78 is 28.8. The predicted molar refractivity (Wildman–Crippen MR) is 58.1 cm³/mol. The number of hydrogen-bond acceptors (Lipinski definition) is 6. The van der Waals surface area contributed by atoms with Crippen molar-refractivity contribution in [2.24, 2.45) is 0 Å². The van der Waals surface area contributed by atoms with Crippen molar-refractivity contribution in [3.05, 3.63) is 23.6 Å². The maximum atomic E-state index is 11.4. The van der Waals surface area contributed by atoms with Gasteiger partial charge < -0.3 is 4.52 Å². The van der Waals surface area contributed by atoms with Gasteiger partial charge in [-0.15, -0.1) is 0 Å². The van der Waals surface area contributed by atoms with Crippen molar-refractivity contribution in [2.75, 3.05) is 0 Å². The van der Waals surface area contributed by atoms with Crippen molar-refractivity contribution in [1.82, 2.24) is 19.9 Å². The van der Waals surface area contributed by atoms with E-state index >= 15 is 0 Å². The van der Waals surface area contributed by atoms with Crippen LogP contribution in [-0.4, -0.2) is 28.3 Å². The highest BCUT2D eigenvalue weighted by atomic mass is 35.7. The molecule has 2 aromatic rings. The molecule has 0 unspecified atom stereocenters. The normalized spacial score (nSPS) is 11.9. The van der Waals surface area contributed by atoms with Gasteiger partial charge in [-0.25, -0.2) is 8.42 Å². The lowest BCUT2D eigenvalue weighted by atomic mass is 10.4. The van der Waals surface area contributed by atoms with Gasteiger partial charge in [-0.2, -0.15) is 10.1 Å². The second-order valence-corrected chi connectivity index (χ2v) is 5.95. The summed E-state index contributed by atoms with van der Waals surface area (Å²) in [6.07, 6.45) is 1.19. The molecule has 0 saturated carbocycles. The zero-order chi connectivity index (χ0) is 12.6. The number of aromatic nitrogens is 4. The zero-order valence-corrected chi connectivity index (χ0v) is 10.7. The molecule has 0 fully saturated rings. The maximum absolute atomic E-state index is 11.4. The molecule has 9 heteroatoms. The third-order valence-electron chi connectivity index (χ3n) is 2.26. The fourth-order valence-corrected chi connectivity index (χ4v) is 3.11. The minimum atomic E-state index is -3.80. The van der Waals surface area contributed by atoms with E-state index in [0.717, 1.165) is 0 Å². The first-order valence-electron chi connectivity index (χ1n) is 4.63. The van der Waals surface area contributed by atoms with Gasteiger partial charge in [0.2, 0.25) is 6.39 Å². The van der Waals surface area contributed by atoms with Gasteiger partial charge in [0.1, 0.15) is 11.4 Å². The molecule has 0 saturated heterocycles. The molecule has 0 aliphatic rings. The summed E-state index contributed by atoms with van der Waals surface area (Å²) in [5.41, 5.74) is 0.795. The number of halogens is 1. The van der Waals surface area contributed by atoms with E-state index in [0.29, 0.717) is 17.2 Å². The lowest BCUT2D eigenvalue weighted by Gasteiger charge is -2.00. The predicted octanol–water partition coefficient (Wildman–Crippen LogP) is 0.859. The van der Waals surface area contributed by atoms with Crippen LogP contribution in [0.3, 0.4) is 0 Å². The molecule has 17 heavy (non-hydrogen) atoms. The number of aryl methyl sites for hydroxylation is 1. The standard InChI is InChI=1S/C8H9ClN4O3S/c1-5-8(17(9,14)15)6(2)13(11-5)3-7-10-4-16-12-7/h4H,3H2,1-2H3. The molecule has 0 aliphatic carbocycles. The van der Waals surface area contributed by atoms with Crippen LogP contribution in [0.15, 0.2) is 15.8 Å².